The van der Waals surface area contributed by atoms with E-state index in [2.05, 4.69) is 0 Å². The smallest absolute Gasteiger partial charge is 0.336 e. The summed E-state index contributed by atoms with van der Waals surface area (Å²) in [4.78, 5) is 13.2. The first-order valence-corrected chi connectivity index (χ1v) is 10.2. The van der Waals surface area contributed by atoms with Gasteiger partial charge < -0.3 is 5.11 Å². The minimum atomic E-state index is -1.03. The highest BCUT2D eigenvalue weighted by atomic mass is 32.2. The number of benzene rings is 3. The molecule has 1 atom stereocenters. The number of carboxylic acids is 1. The van der Waals surface area contributed by atoms with Crippen LogP contribution in [0.2, 0.25) is 0 Å². The predicted molar refractivity (Wildman–Crippen MR) is 117 cm³/mol. The van der Waals surface area contributed by atoms with E-state index in [1.54, 1.807) is 17.8 Å². The zero-order valence-corrected chi connectivity index (χ0v) is 16.9. The van der Waals surface area contributed by atoms with Crippen molar-refractivity contribution in [1.29, 1.82) is 10.5 Å². The maximum Gasteiger partial charge on any atom is 0.336 e. The fourth-order valence-corrected chi connectivity index (χ4v) is 4.79. The molecule has 1 aliphatic rings. The van der Waals surface area contributed by atoms with Crippen molar-refractivity contribution in [2.45, 2.75) is 17.1 Å². The van der Waals surface area contributed by atoms with E-state index in [1.165, 1.54) is 0 Å². The molecule has 0 bridgehead atoms. The van der Waals surface area contributed by atoms with Crippen LogP contribution in [0.25, 0.3) is 16.7 Å². The molecule has 0 fully saturated rings. The minimum Gasteiger partial charge on any atom is -0.478 e. The topological polar surface area (TPSA) is 84.9 Å². The average molecular weight is 408 g/mol. The Balaban J connectivity index is 1.95. The van der Waals surface area contributed by atoms with Gasteiger partial charge >= 0.3 is 5.97 Å². The molecule has 4 rings (SSSR count). The number of carbonyl (C=O) groups is 1. The summed E-state index contributed by atoms with van der Waals surface area (Å²) in [6.07, 6.45) is 0. The quantitative estimate of drug-likeness (QED) is 0.327. The molecular formula is C25H16N2O2S. The van der Waals surface area contributed by atoms with Crippen molar-refractivity contribution >= 4 is 23.3 Å². The van der Waals surface area contributed by atoms with Crippen molar-refractivity contribution in [3.05, 3.63) is 94.6 Å². The van der Waals surface area contributed by atoms with Gasteiger partial charge in [-0.15, -0.1) is 11.8 Å². The number of nitrogens with zero attached hydrogens (tertiary/aromatic N) is 2. The standard InChI is InChI=1S/C25H16N2O2S/c1-15(30-18-7-3-2-4-8-18)16-11-21-23(17(13-26)14-27)19-9-5-6-10-20(19)24(21)22(12-16)25(28)29/h2-12,15H,1H3,(H,28,29). The summed E-state index contributed by atoms with van der Waals surface area (Å²) in [5.74, 6) is -1.03. The summed E-state index contributed by atoms with van der Waals surface area (Å²) in [6.45, 7) is 2.02. The molecule has 3 aromatic rings. The van der Waals surface area contributed by atoms with E-state index in [1.807, 2.05) is 79.7 Å². The largest absolute Gasteiger partial charge is 0.478 e. The van der Waals surface area contributed by atoms with E-state index in [0.717, 1.165) is 16.0 Å². The first-order valence-electron chi connectivity index (χ1n) is 9.32. The number of thioether (sulfide) groups is 1. The molecule has 4 nitrogen and oxygen atoms in total. The van der Waals surface area contributed by atoms with Crippen molar-refractivity contribution in [3.63, 3.8) is 0 Å². The molecule has 0 saturated carbocycles. The Labute approximate surface area is 178 Å². The van der Waals surface area contributed by atoms with E-state index in [-0.39, 0.29) is 16.4 Å². The second-order valence-electron chi connectivity index (χ2n) is 6.89. The summed E-state index contributed by atoms with van der Waals surface area (Å²) >= 11 is 1.63. The highest BCUT2D eigenvalue weighted by Gasteiger charge is 2.31. The van der Waals surface area contributed by atoms with Crippen LogP contribution in [0.4, 0.5) is 0 Å². The van der Waals surface area contributed by atoms with Crippen LogP contribution in [0, 0.1) is 22.7 Å². The Bertz CT molecular complexity index is 1260. The van der Waals surface area contributed by atoms with Gasteiger partial charge in [0.1, 0.15) is 17.7 Å². The molecule has 0 heterocycles. The van der Waals surface area contributed by atoms with E-state index >= 15 is 0 Å². The van der Waals surface area contributed by atoms with Crippen molar-refractivity contribution in [1.82, 2.24) is 0 Å². The van der Waals surface area contributed by atoms with Crippen LogP contribution in [0.1, 0.15) is 39.2 Å². The Morgan fingerprint density at radius 3 is 2.20 bits per heavy atom. The molecule has 0 spiro atoms. The average Bonchev–Trinajstić information content (AvgIpc) is 3.09. The van der Waals surface area contributed by atoms with Gasteiger partial charge in [-0.1, -0.05) is 42.5 Å². The van der Waals surface area contributed by atoms with E-state index in [9.17, 15) is 20.4 Å². The number of allylic oxidation sites excluding steroid dienone is 1. The van der Waals surface area contributed by atoms with Crippen LogP contribution in [-0.4, -0.2) is 11.1 Å². The molecule has 0 aliphatic heterocycles. The van der Waals surface area contributed by atoms with E-state index in [4.69, 9.17) is 0 Å². The number of fused-ring (bicyclic) bond motifs is 3. The maximum atomic E-state index is 12.2. The fraction of sp³-hybridized carbons (Fsp3) is 0.0800. The van der Waals surface area contributed by atoms with Gasteiger partial charge in [0.05, 0.1) is 5.56 Å². The van der Waals surface area contributed by atoms with E-state index in [0.29, 0.717) is 22.3 Å². The van der Waals surface area contributed by atoms with Crippen LogP contribution in [0.3, 0.4) is 0 Å². The summed E-state index contributed by atoms with van der Waals surface area (Å²) in [7, 11) is 0. The molecule has 0 aromatic heterocycles. The van der Waals surface area contributed by atoms with Crippen LogP contribution >= 0.6 is 11.8 Å². The maximum absolute atomic E-state index is 12.2. The van der Waals surface area contributed by atoms with Gasteiger partial charge in [0.25, 0.3) is 0 Å². The summed E-state index contributed by atoms with van der Waals surface area (Å²) in [5.41, 5.74) is 4.15. The monoisotopic (exact) mass is 408 g/mol. The van der Waals surface area contributed by atoms with Crippen molar-refractivity contribution < 1.29 is 9.90 Å². The number of hydrogen-bond acceptors (Lipinski definition) is 4. The van der Waals surface area contributed by atoms with Crippen molar-refractivity contribution in [2.75, 3.05) is 0 Å². The first-order chi connectivity index (χ1) is 14.5. The van der Waals surface area contributed by atoms with Gasteiger partial charge in [-0.2, -0.15) is 10.5 Å². The van der Waals surface area contributed by atoms with Crippen LogP contribution in [0.15, 0.2) is 77.2 Å². The van der Waals surface area contributed by atoms with Gasteiger partial charge in [0.15, 0.2) is 0 Å². The van der Waals surface area contributed by atoms with Crippen LogP contribution in [0.5, 0.6) is 0 Å². The molecule has 1 unspecified atom stereocenters. The molecule has 0 radical (unpaired) electrons. The highest BCUT2D eigenvalue weighted by Crippen LogP contribution is 2.49. The van der Waals surface area contributed by atoms with Crippen molar-refractivity contribution in [2.24, 2.45) is 0 Å². The number of carboxylic acid groups (broad SMARTS) is 1. The Hall–Kier alpha value is -3.80. The lowest BCUT2D eigenvalue weighted by molar-refractivity contribution is 0.0697. The lowest BCUT2D eigenvalue weighted by atomic mass is 9.94. The zero-order chi connectivity index (χ0) is 21.3. The molecule has 144 valence electrons. The Morgan fingerprint density at radius 1 is 0.933 bits per heavy atom. The first kappa shape index (κ1) is 19.5. The third-order valence-electron chi connectivity index (χ3n) is 5.13. The lowest BCUT2D eigenvalue weighted by Crippen LogP contribution is -2.03. The Kier molecular flexibility index (Phi) is 5.14. The molecule has 5 heteroatoms. The fourth-order valence-electron chi connectivity index (χ4n) is 3.80. The zero-order valence-electron chi connectivity index (χ0n) is 16.1. The second kappa shape index (κ2) is 7.91. The predicted octanol–water partition coefficient (Wildman–Crippen LogP) is 6.07. The highest BCUT2D eigenvalue weighted by molar-refractivity contribution is 7.99. The third kappa shape index (κ3) is 3.26. The molecule has 0 saturated heterocycles. The second-order valence-corrected chi connectivity index (χ2v) is 8.30. The van der Waals surface area contributed by atoms with Gasteiger partial charge in [-0.25, -0.2) is 4.79 Å². The molecule has 3 aromatic carbocycles. The summed E-state index contributed by atoms with van der Waals surface area (Å²) in [5, 5.41) is 29.0. The third-order valence-corrected chi connectivity index (χ3v) is 6.30. The van der Waals surface area contributed by atoms with Gasteiger partial charge in [0.2, 0.25) is 0 Å². The van der Waals surface area contributed by atoms with Crippen LogP contribution < -0.4 is 0 Å². The minimum absolute atomic E-state index is 0.0157. The van der Waals surface area contributed by atoms with Gasteiger partial charge in [-0.05, 0) is 53.4 Å². The van der Waals surface area contributed by atoms with Gasteiger partial charge in [-0.3, -0.25) is 0 Å². The number of rotatable bonds is 4. The Morgan fingerprint density at radius 2 is 1.57 bits per heavy atom. The van der Waals surface area contributed by atoms with E-state index < -0.39 is 5.97 Å². The summed E-state index contributed by atoms with van der Waals surface area (Å²) < 4.78 is 0. The number of nitriles is 2. The van der Waals surface area contributed by atoms with Crippen molar-refractivity contribution in [3.8, 4) is 23.3 Å². The molecular weight excluding hydrogens is 392 g/mol. The van der Waals surface area contributed by atoms with Gasteiger partial charge in [0, 0.05) is 21.3 Å². The summed E-state index contributed by atoms with van der Waals surface area (Å²) in [6, 6.07) is 24.8. The molecule has 1 aliphatic carbocycles. The molecule has 1 N–H and O–H groups in total. The van der Waals surface area contributed by atoms with Crippen LogP contribution in [-0.2, 0) is 0 Å². The molecule has 0 amide bonds. The number of hydrogen-bond donors (Lipinski definition) is 1. The number of aromatic carboxylic acids is 1. The SMILES string of the molecule is CC(Sc1ccccc1)c1cc(C(=O)O)c2c(c1)C(=C(C#N)C#N)c1ccccc1-2. The molecule has 30 heavy (non-hydrogen) atoms. The lowest BCUT2D eigenvalue weighted by Gasteiger charge is -2.16. The normalized spacial score (nSPS) is 12.3.